The number of anilines is 1. The molecule has 4 heterocycles. The smallest absolute Gasteiger partial charge is 0.228 e. The number of thiophene rings is 1. The normalized spacial score (nSPS) is 26.8. The maximum atomic E-state index is 12.8. The third kappa shape index (κ3) is 3.92. The van der Waals surface area contributed by atoms with Crippen molar-refractivity contribution in [2.75, 3.05) is 25.0 Å². The van der Waals surface area contributed by atoms with Gasteiger partial charge in [-0.3, -0.25) is 14.7 Å². The van der Waals surface area contributed by atoms with Gasteiger partial charge in [-0.25, -0.2) is 0 Å². The molecule has 0 unspecified atom stereocenters. The number of fused-ring (bicyclic) bond motifs is 1. The molecule has 0 aromatic carbocycles. The first kappa shape index (κ1) is 16.7. The predicted octanol–water partition coefficient (Wildman–Crippen LogP) is 3.01. The Hall–Kier alpha value is -1.76. The summed E-state index contributed by atoms with van der Waals surface area (Å²) in [6, 6.07) is 8.00. The quantitative estimate of drug-likeness (QED) is 0.914. The summed E-state index contributed by atoms with van der Waals surface area (Å²) in [6.45, 7) is 3.61. The first-order chi connectivity index (χ1) is 12.3. The molecule has 1 N–H and O–H groups in total. The van der Waals surface area contributed by atoms with Crippen LogP contribution < -0.4 is 5.32 Å². The Bertz CT molecular complexity index is 692. The Balaban J connectivity index is 1.43. The van der Waals surface area contributed by atoms with Crippen molar-refractivity contribution in [2.45, 2.75) is 25.5 Å². The number of amides is 1. The standard InChI is InChI=1S/C19H23N3O2S/c23-19(21-14-3-1-7-20-11-14)16-6-9-24-18-5-8-22(13-17(16)18)12-15-4-2-10-25-15/h1-4,7,10-11,16-18H,5-6,8-9,12-13H2,(H,21,23)/t16-,17+,18-/m1/s1. The molecule has 0 bridgehead atoms. The summed E-state index contributed by atoms with van der Waals surface area (Å²) in [5.41, 5.74) is 0.766. The highest BCUT2D eigenvalue weighted by atomic mass is 32.1. The van der Waals surface area contributed by atoms with Crippen molar-refractivity contribution in [2.24, 2.45) is 11.8 Å². The molecule has 2 fully saturated rings. The third-order valence-corrected chi connectivity index (χ3v) is 6.04. The zero-order valence-corrected chi connectivity index (χ0v) is 15.0. The lowest BCUT2D eigenvalue weighted by molar-refractivity contribution is -0.137. The average molecular weight is 357 g/mol. The van der Waals surface area contributed by atoms with E-state index in [0.717, 1.165) is 38.2 Å². The lowest BCUT2D eigenvalue weighted by atomic mass is 9.79. The lowest BCUT2D eigenvalue weighted by Gasteiger charge is -2.44. The van der Waals surface area contributed by atoms with Crippen LogP contribution in [0.1, 0.15) is 17.7 Å². The first-order valence-electron chi connectivity index (χ1n) is 8.87. The second-order valence-electron chi connectivity index (χ2n) is 6.80. The number of hydrogen-bond acceptors (Lipinski definition) is 5. The minimum atomic E-state index is 0.00471. The molecule has 1 amide bonds. The number of aromatic nitrogens is 1. The number of piperidine rings is 1. The average Bonchev–Trinajstić information content (AvgIpc) is 3.15. The van der Waals surface area contributed by atoms with Gasteiger partial charge in [-0.15, -0.1) is 11.3 Å². The first-order valence-corrected chi connectivity index (χ1v) is 9.75. The maximum absolute atomic E-state index is 12.8. The van der Waals surface area contributed by atoms with E-state index in [1.165, 1.54) is 4.88 Å². The summed E-state index contributed by atoms with van der Waals surface area (Å²) in [5.74, 6) is 0.369. The summed E-state index contributed by atoms with van der Waals surface area (Å²) in [5, 5.41) is 5.15. The van der Waals surface area contributed by atoms with E-state index in [2.05, 4.69) is 32.7 Å². The van der Waals surface area contributed by atoms with E-state index >= 15 is 0 Å². The van der Waals surface area contributed by atoms with Crippen LogP contribution in [0.4, 0.5) is 5.69 Å². The molecule has 5 nitrogen and oxygen atoms in total. The molecule has 25 heavy (non-hydrogen) atoms. The molecule has 0 aliphatic carbocycles. The molecule has 2 aromatic heterocycles. The van der Waals surface area contributed by atoms with Crippen LogP contribution in [0.3, 0.4) is 0 Å². The Kier molecular flexibility index (Phi) is 5.10. The molecule has 2 aromatic rings. The fourth-order valence-electron chi connectivity index (χ4n) is 3.95. The molecule has 2 saturated heterocycles. The summed E-state index contributed by atoms with van der Waals surface area (Å²) in [7, 11) is 0. The van der Waals surface area contributed by atoms with Crippen molar-refractivity contribution in [1.82, 2.24) is 9.88 Å². The topological polar surface area (TPSA) is 54.5 Å². The number of ether oxygens (including phenoxy) is 1. The van der Waals surface area contributed by atoms with E-state index in [1.54, 1.807) is 23.7 Å². The summed E-state index contributed by atoms with van der Waals surface area (Å²) < 4.78 is 5.98. The largest absolute Gasteiger partial charge is 0.378 e. The Labute approximate surface area is 152 Å². The zero-order chi connectivity index (χ0) is 17.1. The summed E-state index contributed by atoms with van der Waals surface area (Å²) in [4.78, 5) is 20.8. The number of hydrogen-bond donors (Lipinski definition) is 1. The molecule has 132 valence electrons. The van der Waals surface area contributed by atoms with E-state index in [1.807, 2.05) is 12.1 Å². The SMILES string of the molecule is O=C(Nc1cccnc1)[C@@H]1CCO[C@@H]2CCN(Cc3cccs3)C[C@H]21. The molecular weight excluding hydrogens is 334 g/mol. The molecule has 0 radical (unpaired) electrons. The fraction of sp³-hybridized carbons (Fsp3) is 0.474. The van der Waals surface area contributed by atoms with Crippen molar-refractivity contribution in [3.8, 4) is 0 Å². The van der Waals surface area contributed by atoms with Crippen molar-refractivity contribution >= 4 is 22.9 Å². The van der Waals surface area contributed by atoms with Crippen LogP contribution in [0.15, 0.2) is 42.0 Å². The van der Waals surface area contributed by atoms with Gasteiger partial charge >= 0.3 is 0 Å². The van der Waals surface area contributed by atoms with Crippen LogP contribution in [0, 0.1) is 11.8 Å². The second kappa shape index (κ2) is 7.64. The van der Waals surface area contributed by atoms with Crippen LogP contribution in [0.5, 0.6) is 0 Å². The molecule has 0 spiro atoms. The highest BCUT2D eigenvalue weighted by Gasteiger charge is 2.41. The van der Waals surface area contributed by atoms with Gasteiger partial charge in [0.1, 0.15) is 0 Å². The molecule has 6 heteroatoms. The van der Waals surface area contributed by atoms with Crippen molar-refractivity contribution < 1.29 is 9.53 Å². The molecular formula is C19H23N3O2S. The highest BCUT2D eigenvalue weighted by Crippen LogP contribution is 2.34. The van der Waals surface area contributed by atoms with Gasteiger partial charge in [-0.05, 0) is 36.4 Å². The van der Waals surface area contributed by atoms with E-state index in [-0.39, 0.29) is 23.8 Å². The van der Waals surface area contributed by atoms with E-state index in [4.69, 9.17) is 4.74 Å². The predicted molar refractivity (Wildman–Crippen MR) is 98.4 cm³/mol. The van der Waals surface area contributed by atoms with Gasteiger partial charge in [0, 0.05) is 49.2 Å². The van der Waals surface area contributed by atoms with E-state index in [9.17, 15) is 4.79 Å². The molecule has 4 rings (SSSR count). The Morgan fingerprint density at radius 2 is 2.32 bits per heavy atom. The number of carbonyl (C=O) groups is 1. The molecule has 2 aliphatic heterocycles. The van der Waals surface area contributed by atoms with Crippen molar-refractivity contribution in [3.63, 3.8) is 0 Å². The van der Waals surface area contributed by atoms with Crippen molar-refractivity contribution in [1.29, 1.82) is 0 Å². The van der Waals surface area contributed by atoms with Crippen LogP contribution >= 0.6 is 11.3 Å². The Morgan fingerprint density at radius 3 is 3.12 bits per heavy atom. The van der Waals surface area contributed by atoms with Crippen LogP contribution in [-0.4, -0.2) is 41.6 Å². The van der Waals surface area contributed by atoms with Gasteiger partial charge < -0.3 is 10.1 Å². The number of pyridine rings is 1. The number of nitrogens with zero attached hydrogens (tertiary/aromatic N) is 2. The monoisotopic (exact) mass is 357 g/mol. The molecule has 2 aliphatic rings. The number of likely N-dealkylation sites (tertiary alicyclic amines) is 1. The zero-order valence-electron chi connectivity index (χ0n) is 14.1. The van der Waals surface area contributed by atoms with E-state index < -0.39 is 0 Å². The fourth-order valence-corrected chi connectivity index (χ4v) is 4.69. The van der Waals surface area contributed by atoms with Gasteiger partial charge in [-0.1, -0.05) is 6.07 Å². The third-order valence-electron chi connectivity index (χ3n) is 5.18. The minimum Gasteiger partial charge on any atom is -0.378 e. The van der Waals surface area contributed by atoms with Crippen LogP contribution in [0.25, 0.3) is 0 Å². The number of carbonyl (C=O) groups excluding carboxylic acids is 1. The second-order valence-corrected chi connectivity index (χ2v) is 7.83. The van der Waals surface area contributed by atoms with Gasteiger partial charge in [0.05, 0.1) is 18.0 Å². The van der Waals surface area contributed by atoms with Gasteiger partial charge in [0.15, 0.2) is 0 Å². The highest BCUT2D eigenvalue weighted by molar-refractivity contribution is 7.09. The number of rotatable bonds is 4. The number of nitrogens with one attached hydrogen (secondary N) is 1. The summed E-state index contributed by atoms with van der Waals surface area (Å²) >= 11 is 1.80. The summed E-state index contributed by atoms with van der Waals surface area (Å²) in [6.07, 6.45) is 5.41. The van der Waals surface area contributed by atoms with Gasteiger partial charge in [-0.2, -0.15) is 0 Å². The van der Waals surface area contributed by atoms with Gasteiger partial charge in [0.2, 0.25) is 5.91 Å². The van der Waals surface area contributed by atoms with E-state index in [0.29, 0.717) is 6.61 Å². The van der Waals surface area contributed by atoms with Crippen LogP contribution in [-0.2, 0) is 16.1 Å². The van der Waals surface area contributed by atoms with Crippen LogP contribution in [0.2, 0.25) is 0 Å². The van der Waals surface area contributed by atoms with Crippen molar-refractivity contribution in [3.05, 3.63) is 46.9 Å². The Morgan fingerprint density at radius 1 is 1.36 bits per heavy atom. The minimum absolute atomic E-state index is 0.00471. The van der Waals surface area contributed by atoms with Gasteiger partial charge in [0.25, 0.3) is 0 Å². The molecule has 3 atom stereocenters. The maximum Gasteiger partial charge on any atom is 0.228 e. The lowest BCUT2D eigenvalue weighted by Crippen LogP contribution is -2.52. The molecule has 0 saturated carbocycles.